The highest BCUT2D eigenvalue weighted by atomic mass is 16.5. The Morgan fingerprint density at radius 3 is 2.89 bits per heavy atom. The second kappa shape index (κ2) is 4.30. The first-order valence-electron chi connectivity index (χ1n) is 5.79. The summed E-state index contributed by atoms with van der Waals surface area (Å²) in [6.07, 6.45) is 3.38. The number of morpholine rings is 1. The third kappa shape index (κ3) is 1.80. The van der Waals surface area contributed by atoms with Crippen molar-refractivity contribution in [1.82, 2.24) is 14.3 Å². The smallest absolute Gasteiger partial charge is 0.274 e. The number of imidazole rings is 1. The van der Waals surface area contributed by atoms with E-state index >= 15 is 0 Å². The van der Waals surface area contributed by atoms with Crippen LogP contribution in [-0.4, -0.2) is 51.6 Å². The Labute approximate surface area is 103 Å². The minimum absolute atomic E-state index is 0.0681. The van der Waals surface area contributed by atoms with Gasteiger partial charge in [0.05, 0.1) is 13.2 Å². The van der Waals surface area contributed by atoms with Crippen LogP contribution in [0.25, 0.3) is 5.65 Å². The number of hydrogen-bond donors (Lipinski definition) is 1. The highest BCUT2D eigenvalue weighted by Crippen LogP contribution is 2.17. The summed E-state index contributed by atoms with van der Waals surface area (Å²) in [6, 6.07) is 3.25. The lowest BCUT2D eigenvalue weighted by Crippen LogP contribution is -2.40. The maximum absolute atomic E-state index is 12.2. The quantitative estimate of drug-likeness (QED) is 0.797. The van der Waals surface area contributed by atoms with Gasteiger partial charge in [-0.15, -0.1) is 0 Å². The van der Waals surface area contributed by atoms with Crippen LogP contribution in [0.3, 0.4) is 0 Å². The molecule has 0 radical (unpaired) electrons. The van der Waals surface area contributed by atoms with Crippen molar-refractivity contribution in [3.05, 3.63) is 30.2 Å². The molecule has 2 aromatic heterocycles. The number of carbonyl (C=O) groups excluding carboxylic acids is 1. The lowest BCUT2D eigenvalue weighted by atomic mass is 10.3. The molecule has 0 atom stereocenters. The van der Waals surface area contributed by atoms with Gasteiger partial charge in [0.25, 0.3) is 5.91 Å². The third-order valence-electron chi connectivity index (χ3n) is 2.98. The molecule has 18 heavy (non-hydrogen) atoms. The van der Waals surface area contributed by atoms with E-state index in [-0.39, 0.29) is 11.7 Å². The van der Waals surface area contributed by atoms with Crippen molar-refractivity contribution in [3.63, 3.8) is 0 Å². The molecule has 0 spiro atoms. The van der Waals surface area contributed by atoms with Crippen LogP contribution in [-0.2, 0) is 4.74 Å². The van der Waals surface area contributed by atoms with Gasteiger partial charge in [0.1, 0.15) is 5.69 Å². The fourth-order valence-electron chi connectivity index (χ4n) is 2.03. The Bertz CT molecular complexity index is 587. The van der Waals surface area contributed by atoms with Crippen LogP contribution in [0.15, 0.2) is 24.5 Å². The molecule has 0 aliphatic carbocycles. The lowest BCUT2D eigenvalue weighted by Gasteiger charge is -2.25. The van der Waals surface area contributed by atoms with Crippen LogP contribution in [0.4, 0.5) is 0 Å². The fraction of sp³-hybridized carbons (Fsp3) is 0.333. The minimum Gasteiger partial charge on any atom is -0.504 e. The molecule has 3 rings (SSSR count). The number of aromatic hydroxyl groups is 1. The van der Waals surface area contributed by atoms with Gasteiger partial charge in [-0.3, -0.25) is 4.79 Å². The average Bonchev–Trinajstić information content (AvgIpc) is 2.84. The number of carbonyl (C=O) groups is 1. The van der Waals surface area contributed by atoms with E-state index in [1.165, 1.54) is 0 Å². The first kappa shape index (κ1) is 11.0. The number of fused-ring (bicyclic) bond motifs is 1. The van der Waals surface area contributed by atoms with Crippen molar-refractivity contribution in [1.29, 1.82) is 0 Å². The maximum atomic E-state index is 12.2. The van der Waals surface area contributed by atoms with Gasteiger partial charge < -0.3 is 19.1 Å². The Morgan fingerprint density at radius 2 is 2.17 bits per heavy atom. The van der Waals surface area contributed by atoms with Gasteiger partial charge in [0, 0.05) is 25.5 Å². The lowest BCUT2D eigenvalue weighted by molar-refractivity contribution is 0.0299. The zero-order valence-electron chi connectivity index (χ0n) is 9.74. The summed E-state index contributed by atoms with van der Waals surface area (Å²) in [5.74, 6) is -0.0556. The van der Waals surface area contributed by atoms with Gasteiger partial charge in [-0.05, 0) is 12.1 Å². The van der Waals surface area contributed by atoms with Crippen molar-refractivity contribution in [2.75, 3.05) is 26.3 Å². The van der Waals surface area contributed by atoms with Crippen molar-refractivity contribution in [2.45, 2.75) is 0 Å². The SMILES string of the molecule is O=C(c1cn2cccc(O)c2n1)N1CCOCC1. The molecule has 0 saturated carbocycles. The Kier molecular flexibility index (Phi) is 2.64. The van der Waals surface area contributed by atoms with E-state index in [0.29, 0.717) is 37.6 Å². The number of ether oxygens (including phenoxy) is 1. The number of rotatable bonds is 1. The van der Waals surface area contributed by atoms with Gasteiger partial charge in [0.2, 0.25) is 0 Å². The largest absolute Gasteiger partial charge is 0.504 e. The van der Waals surface area contributed by atoms with E-state index in [1.54, 1.807) is 33.8 Å². The van der Waals surface area contributed by atoms with E-state index in [0.717, 1.165) is 0 Å². The summed E-state index contributed by atoms with van der Waals surface area (Å²) in [7, 11) is 0. The first-order chi connectivity index (χ1) is 8.75. The second-order valence-corrected chi connectivity index (χ2v) is 4.16. The van der Waals surface area contributed by atoms with Crippen LogP contribution >= 0.6 is 0 Å². The van der Waals surface area contributed by atoms with E-state index < -0.39 is 0 Å². The van der Waals surface area contributed by atoms with Crippen LogP contribution in [0.1, 0.15) is 10.5 Å². The van der Waals surface area contributed by atoms with E-state index in [1.807, 2.05) is 0 Å². The Morgan fingerprint density at radius 1 is 1.39 bits per heavy atom. The molecule has 0 unspecified atom stereocenters. The van der Waals surface area contributed by atoms with E-state index in [4.69, 9.17) is 4.74 Å². The third-order valence-corrected chi connectivity index (χ3v) is 2.98. The number of aromatic nitrogens is 2. The number of pyridine rings is 1. The molecule has 1 amide bonds. The fourth-order valence-corrected chi connectivity index (χ4v) is 2.03. The summed E-state index contributed by atoms with van der Waals surface area (Å²) in [4.78, 5) is 18.1. The second-order valence-electron chi connectivity index (χ2n) is 4.16. The molecule has 94 valence electrons. The summed E-state index contributed by atoms with van der Waals surface area (Å²) in [5, 5.41) is 9.65. The molecule has 3 heterocycles. The summed E-state index contributed by atoms with van der Waals surface area (Å²) < 4.78 is 6.85. The van der Waals surface area contributed by atoms with Crippen molar-refractivity contribution < 1.29 is 14.6 Å². The topological polar surface area (TPSA) is 67.1 Å². The van der Waals surface area contributed by atoms with Crippen LogP contribution < -0.4 is 0 Å². The monoisotopic (exact) mass is 247 g/mol. The summed E-state index contributed by atoms with van der Waals surface area (Å²) in [6.45, 7) is 2.28. The zero-order valence-corrected chi connectivity index (χ0v) is 9.74. The van der Waals surface area contributed by atoms with Crippen molar-refractivity contribution in [2.24, 2.45) is 0 Å². The molecule has 0 bridgehead atoms. The van der Waals surface area contributed by atoms with Gasteiger partial charge in [-0.2, -0.15) is 0 Å². The average molecular weight is 247 g/mol. The molecular formula is C12H13N3O3. The summed E-state index contributed by atoms with van der Waals surface area (Å²) in [5.41, 5.74) is 0.743. The number of nitrogens with zero attached hydrogens (tertiary/aromatic N) is 3. The molecular weight excluding hydrogens is 234 g/mol. The van der Waals surface area contributed by atoms with Gasteiger partial charge >= 0.3 is 0 Å². The molecule has 0 aromatic carbocycles. The molecule has 1 fully saturated rings. The molecule has 1 aliphatic rings. The molecule has 1 saturated heterocycles. The maximum Gasteiger partial charge on any atom is 0.274 e. The Hall–Kier alpha value is -2.08. The molecule has 6 nitrogen and oxygen atoms in total. The summed E-state index contributed by atoms with van der Waals surface area (Å²) >= 11 is 0. The number of amides is 1. The highest BCUT2D eigenvalue weighted by molar-refractivity contribution is 5.93. The van der Waals surface area contributed by atoms with Gasteiger partial charge in [-0.1, -0.05) is 0 Å². The molecule has 1 aliphatic heterocycles. The van der Waals surface area contributed by atoms with Crippen LogP contribution in [0.5, 0.6) is 5.75 Å². The first-order valence-corrected chi connectivity index (χ1v) is 5.79. The normalized spacial score (nSPS) is 16.1. The van der Waals surface area contributed by atoms with Crippen molar-refractivity contribution >= 4 is 11.6 Å². The van der Waals surface area contributed by atoms with E-state index in [2.05, 4.69) is 4.98 Å². The van der Waals surface area contributed by atoms with Crippen LogP contribution in [0.2, 0.25) is 0 Å². The van der Waals surface area contributed by atoms with E-state index in [9.17, 15) is 9.90 Å². The Balaban J connectivity index is 1.94. The molecule has 2 aromatic rings. The number of hydrogen-bond acceptors (Lipinski definition) is 4. The molecule has 6 heteroatoms. The predicted octanol–water partition coefficient (Wildman–Crippen LogP) is 0.512. The molecule has 1 N–H and O–H groups in total. The zero-order chi connectivity index (χ0) is 12.5. The van der Waals surface area contributed by atoms with Crippen molar-refractivity contribution in [3.8, 4) is 5.75 Å². The highest BCUT2D eigenvalue weighted by Gasteiger charge is 2.21. The van der Waals surface area contributed by atoms with Crippen LogP contribution in [0, 0.1) is 0 Å². The standard InChI is InChI=1S/C12H13N3O3/c16-10-2-1-3-15-8-9(13-11(10)15)12(17)14-4-6-18-7-5-14/h1-3,8,16H,4-7H2. The minimum atomic E-state index is -0.124. The van der Waals surface area contributed by atoms with Gasteiger partial charge in [0.15, 0.2) is 11.4 Å². The predicted molar refractivity (Wildman–Crippen MR) is 63.6 cm³/mol. The van der Waals surface area contributed by atoms with Gasteiger partial charge in [-0.25, -0.2) is 4.98 Å².